The maximum absolute atomic E-state index is 5.85. The molecule has 0 radical (unpaired) electrons. The van der Waals surface area contributed by atoms with Gasteiger partial charge < -0.3 is 15.2 Å². The van der Waals surface area contributed by atoms with E-state index in [1.54, 1.807) is 14.2 Å². The first-order valence-corrected chi connectivity index (χ1v) is 6.20. The smallest absolute Gasteiger partial charge is 0.158 e. The first-order chi connectivity index (χ1) is 7.72. The highest BCUT2D eigenvalue weighted by atomic mass is 16.7. The molecule has 1 aliphatic rings. The van der Waals surface area contributed by atoms with Gasteiger partial charge in [0.25, 0.3) is 0 Å². The zero-order chi connectivity index (χ0) is 12.0. The van der Waals surface area contributed by atoms with E-state index >= 15 is 0 Å². The molecule has 0 saturated heterocycles. The summed E-state index contributed by atoms with van der Waals surface area (Å²) in [6, 6.07) is 1.05. The first kappa shape index (κ1) is 13.9. The lowest BCUT2D eigenvalue weighted by atomic mass is 10.1. The minimum absolute atomic E-state index is 0.141. The molecule has 1 fully saturated rings. The van der Waals surface area contributed by atoms with Gasteiger partial charge in [-0.2, -0.15) is 0 Å². The number of hydrogen-bond donors (Lipinski definition) is 1. The van der Waals surface area contributed by atoms with Gasteiger partial charge in [0.1, 0.15) is 0 Å². The van der Waals surface area contributed by atoms with E-state index < -0.39 is 0 Å². The van der Waals surface area contributed by atoms with Crippen LogP contribution in [0.15, 0.2) is 0 Å². The molecule has 4 heteroatoms. The van der Waals surface area contributed by atoms with Crippen molar-refractivity contribution in [2.24, 2.45) is 5.73 Å². The third-order valence-electron chi connectivity index (χ3n) is 3.74. The Bertz CT molecular complexity index is 180. The SMILES string of the molecule is COC(CC(CN)N(C)C1CCCC1)OC. The van der Waals surface area contributed by atoms with Gasteiger partial charge in [-0.05, 0) is 19.9 Å². The van der Waals surface area contributed by atoms with Gasteiger partial charge in [0.15, 0.2) is 6.29 Å². The number of likely N-dealkylation sites (N-methyl/N-ethyl adjacent to an activating group) is 1. The third kappa shape index (κ3) is 3.70. The van der Waals surface area contributed by atoms with Gasteiger partial charge in [0.2, 0.25) is 0 Å². The van der Waals surface area contributed by atoms with Crippen LogP contribution in [-0.2, 0) is 9.47 Å². The average molecular weight is 230 g/mol. The molecule has 1 rings (SSSR count). The topological polar surface area (TPSA) is 47.7 Å². The van der Waals surface area contributed by atoms with E-state index in [9.17, 15) is 0 Å². The molecule has 1 atom stereocenters. The second-order valence-electron chi connectivity index (χ2n) is 4.63. The Kier molecular flexibility index (Phi) is 6.28. The van der Waals surface area contributed by atoms with Crippen molar-refractivity contribution in [1.82, 2.24) is 4.90 Å². The lowest BCUT2D eigenvalue weighted by Gasteiger charge is -2.33. The highest BCUT2D eigenvalue weighted by Gasteiger charge is 2.26. The molecular formula is C12H26N2O2. The Balaban J connectivity index is 2.44. The Labute approximate surface area is 99.1 Å². The fourth-order valence-corrected chi connectivity index (χ4v) is 2.55. The van der Waals surface area contributed by atoms with E-state index in [0.717, 1.165) is 6.42 Å². The molecule has 1 aliphatic carbocycles. The zero-order valence-corrected chi connectivity index (χ0v) is 10.8. The molecule has 16 heavy (non-hydrogen) atoms. The van der Waals surface area contributed by atoms with Crippen molar-refractivity contribution in [1.29, 1.82) is 0 Å². The summed E-state index contributed by atoms with van der Waals surface area (Å²) < 4.78 is 10.5. The van der Waals surface area contributed by atoms with E-state index in [2.05, 4.69) is 11.9 Å². The van der Waals surface area contributed by atoms with Crippen LogP contribution in [-0.4, -0.2) is 51.1 Å². The lowest BCUT2D eigenvalue weighted by molar-refractivity contribution is -0.117. The number of ether oxygens (including phenoxy) is 2. The standard InChI is InChI=1S/C12H26N2O2/c1-14(10-6-4-5-7-10)11(9-13)8-12(15-2)16-3/h10-12H,4-9,13H2,1-3H3. The van der Waals surface area contributed by atoms with Crippen LogP contribution >= 0.6 is 0 Å². The Morgan fingerprint density at radius 1 is 1.25 bits per heavy atom. The molecule has 0 bridgehead atoms. The highest BCUT2D eigenvalue weighted by Crippen LogP contribution is 2.25. The van der Waals surface area contributed by atoms with Crippen molar-refractivity contribution < 1.29 is 9.47 Å². The number of hydrogen-bond acceptors (Lipinski definition) is 4. The molecule has 0 aromatic rings. The summed E-state index contributed by atoms with van der Waals surface area (Å²) in [4.78, 5) is 2.41. The fourth-order valence-electron chi connectivity index (χ4n) is 2.55. The molecular weight excluding hydrogens is 204 g/mol. The number of nitrogens with zero attached hydrogens (tertiary/aromatic N) is 1. The fraction of sp³-hybridized carbons (Fsp3) is 1.00. The average Bonchev–Trinajstić information content (AvgIpc) is 2.83. The zero-order valence-electron chi connectivity index (χ0n) is 10.8. The maximum Gasteiger partial charge on any atom is 0.158 e. The van der Waals surface area contributed by atoms with Gasteiger partial charge in [0, 0.05) is 39.3 Å². The molecule has 2 N–H and O–H groups in total. The highest BCUT2D eigenvalue weighted by molar-refractivity contribution is 4.81. The number of nitrogens with two attached hydrogens (primary N) is 1. The van der Waals surface area contributed by atoms with Crippen molar-refractivity contribution in [3.63, 3.8) is 0 Å². The van der Waals surface area contributed by atoms with Crippen LogP contribution in [0, 0.1) is 0 Å². The minimum Gasteiger partial charge on any atom is -0.356 e. The third-order valence-corrected chi connectivity index (χ3v) is 3.74. The molecule has 0 heterocycles. The summed E-state index contributed by atoms with van der Waals surface area (Å²) in [6.45, 7) is 0.663. The second-order valence-corrected chi connectivity index (χ2v) is 4.63. The van der Waals surface area contributed by atoms with Gasteiger partial charge in [-0.25, -0.2) is 0 Å². The minimum atomic E-state index is -0.141. The molecule has 96 valence electrons. The number of methoxy groups -OCH3 is 2. The van der Waals surface area contributed by atoms with E-state index in [0.29, 0.717) is 18.6 Å². The van der Waals surface area contributed by atoms with Crippen LogP contribution < -0.4 is 5.73 Å². The second kappa shape index (κ2) is 7.22. The molecule has 0 aromatic carbocycles. The molecule has 1 unspecified atom stereocenters. The van der Waals surface area contributed by atoms with E-state index in [1.165, 1.54) is 25.7 Å². The molecule has 0 spiro atoms. The Morgan fingerprint density at radius 3 is 2.25 bits per heavy atom. The predicted octanol–water partition coefficient (Wildman–Crippen LogP) is 1.20. The summed E-state index contributed by atoms with van der Waals surface area (Å²) in [7, 11) is 5.53. The molecule has 0 aromatic heterocycles. The Morgan fingerprint density at radius 2 is 1.81 bits per heavy atom. The summed E-state index contributed by atoms with van der Waals surface area (Å²) in [6.07, 6.45) is 6.01. The van der Waals surface area contributed by atoms with Crippen molar-refractivity contribution in [2.45, 2.75) is 50.5 Å². The summed E-state index contributed by atoms with van der Waals surface area (Å²) in [5.41, 5.74) is 5.85. The van der Waals surface area contributed by atoms with Gasteiger partial charge in [-0.3, -0.25) is 4.90 Å². The summed E-state index contributed by atoms with van der Waals surface area (Å²) in [5.74, 6) is 0. The van der Waals surface area contributed by atoms with E-state index in [4.69, 9.17) is 15.2 Å². The normalized spacial score (nSPS) is 19.9. The first-order valence-electron chi connectivity index (χ1n) is 6.20. The summed E-state index contributed by atoms with van der Waals surface area (Å²) >= 11 is 0. The van der Waals surface area contributed by atoms with Crippen LogP contribution in [0.2, 0.25) is 0 Å². The molecule has 4 nitrogen and oxygen atoms in total. The van der Waals surface area contributed by atoms with E-state index in [1.807, 2.05) is 0 Å². The van der Waals surface area contributed by atoms with Crippen molar-refractivity contribution in [3.05, 3.63) is 0 Å². The van der Waals surface area contributed by atoms with Crippen molar-refractivity contribution in [3.8, 4) is 0 Å². The number of rotatable bonds is 7. The lowest BCUT2D eigenvalue weighted by Crippen LogP contribution is -2.45. The van der Waals surface area contributed by atoms with Gasteiger partial charge >= 0.3 is 0 Å². The van der Waals surface area contributed by atoms with Crippen LogP contribution in [0.1, 0.15) is 32.1 Å². The van der Waals surface area contributed by atoms with Gasteiger partial charge in [0.05, 0.1) is 0 Å². The van der Waals surface area contributed by atoms with Gasteiger partial charge in [-0.15, -0.1) is 0 Å². The van der Waals surface area contributed by atoms with Crippen molar-refractivity contribution in [2.75, 3.05) is 27.8 Å². The van der Waals surface area contributed by atoms with E-state index in [-0.39, 0.29) is 6.29 Å². The Hall–Kier alpha value is -0.160. The predicted molar refractivity (Wildman–Crippen MR) is 65.3 cm³/mol. The molecule has 0 aliphatic heterocycles. The maximum atomic E-state index is 5.85. The summed E-state index contributed by atoms with van der Waals surface area (Å²) in [5, 5.41) is 0. The van der Waals surface area contributed by atoms with Crippen LogP contribution in [0.5, 0.6) is 0 Å². The van der Waals surface area contributed by atoms with Crippen LogP contribution in [0.3, 0.4) is 0 Å². The molecule has 0 amide bonds. The van der Waals surface area contributed by atoms with Crippen LogP contribution in [0.25, 0.3) is 0 Å². The quantitative estimate of drug-likeness (QED) is 0.668. The van der Waals surface area contributed by atoms with Crippen LogP contribution in [0.4, 0.5) is 0 Å². The monoisotopic (exact) mass is 230 g/mol. The van der Waals surface area contributed by atoms with Gasteiger partial charge in [-0.1, -0.05) is 12.8 Å². The largest absolute Gasteiger partial charge is 0.356 e. The van der Waals surface area contributed by atoms with Crippen molar-refractivity contribution >= 4 is 0 Å². The molecule has 1 saturated carbocycles.